The lowest BCUT2D eigenvalue weighted by Gasteiger charge is -2.05. The maximum absolute atomic E-state index is 11.6. The molecule has 0 aliphatic carbocycles. The number of nitrogens with zero attached hydrogens (tertiary/aromatic N) is 1. The molecule has 2 aromatic carbocycles. The summed E-state index contributed by atoms with van der Waals surface area (Å²) in [6, 6.07) is 15.3. The number of aryl methyl sites for hydroxylation is 2. The van der Waals surface area contributed by atoms with Crippen molar-refractivity contribution in [3.05, 3.63) is 65.2 Å². The third-order valence-corrected chi connectivity index (χ3v) is 2.97. The number of hydrogen-bond donors (Lipinski definition) is 1. The van der Waals surface area contributed by atoms with E-state index < -0.39 is 0 Å². The van der Waals surface area contributed by atoms with Gasteiger partial charge in [0.05, 0.1) is 6.21 Å². The van der Waals surface area contributed by atoms with Gasteiger partial charge in [0.2, 0.25) is 0 Å². The Morgan fingerprint density at radius 2 is 1.86 bits per heavy atom. The van der Waals surface area contributed by atoms with Crippen LogP contribution in [0.15, 0.2) is 53.6 Å². The summed E-state index contributed by atoms with van der Waals surface area (Å²) in [6.07, 6.45) is 1.62. The van der Waals surface area contributed by atoms with Gasteiger partial charge in [0.25, 0.3) is 5.91 Å². The highest BCUT2D eigenvalue weighted by atomic mass is 16.5. The van der Waals surface area contributed by atoms with Crippen LogP contribution in [0.25, 0.3) is 0 Å². The normalized spacial score (nSPS) is 10.6. The van der Waals surface area contributed by atoms with Crippen LogP contribution in [0.4, 0.5) is 0 Å². The van der Waals surface area contributed by atoms with Gasteiger partial charge in [0, 0.05) is 0 Å². The van der Waals surface area contributed by atoms with Crippen molar-refractivity contribution >= 4 is 12.1 Å². The first-order valence-corrected chi connectivity index (χ1v) is 6.72. The molecule has 4 heteroatoms. The van der Waals surface area contributed by atoms with Crippen LogP contribution in [0.1, 0.15) is 16.7 Å². The number of ether oxygens (including phenoxy) is 1. The van der Waals surface area contributed by atoms with Crippen LogP contribution < -0.4 is 10.2 Å². The second-order valence-corrected chi connectivity index (χ2v) is 4.75. The van der Waals surface area contributed by atoms with Gasteiger partial charge < -0.3 is 4.74 Å². The topological polar surface area (TPSA) is 50.7 Å². The average molecular weight is 282 g/mol. The first kappa shape index (κ1) is 14.8. The molecule has 0 bridgehead atoms. The standard InChI is InChI=1S/C17H18N2O2/c1-13-7-9-16(10-8-13)21-12-17(20)19-18-11-15-6-4-3-5-14(15)2/h3-11H,12H2,1-2H3,(H,19,20). The molecule has 0 radical (unpaired) electrons. The number of carbonyl (C=O) groups excluding carboxylic acids is 1. The molecule has 2 rings (SSSR count). The molecule has 21 heavy (non-hydrogen) atoms. The molecular formula is C17H18N2O2. The molecule has 0 saturated carbocycles. The number of rotatable bonds is 5. The zero-order valence-corrected chi connectivity index (χ0v) is 12.2. The smallest absolute Gasteiger partial charge is 0.277 e. The Labute approximate surface area is 124 Å². The average Bonchev–Trinajstić information content (AvgIpc) is 2.49. The Kier molecular flexibility index (Phi) is 5.10. The fourth-order valence-electron chi connectivity index (χ4n) is 1.72. The predicted molar refractivity (Wildman–Crippen MR) is 83.6 cm³/mol. The third-order valence-electron chi connectivity index (χ3n) is 2.97. The fraction of sp³-hybridized carbons (Fsp3) is 0.176. The second-order valence-electron chi connectivity index (χ2n) is 4.75. The molecule has 0 aromatic heterocycles. The summed E-state index contributed by atoms with van der Waals surface area (Å²) in [5.74, 6) is 0.374. The molecular weight excluding hydrogens is 264 g/mol. The summed E-state index contributed by atoms with van der Waals surface area (Å²) in [7, 11) is 0. The molecule has 0 fully saturated rings. The molecule has 0 saturated heterocycles. The van der Waals surface area contributed by atoms with Crippen LogP contribution in [-0.4, -0.2) is 18.7 Å². The molecule has 0 aliphatic rings. The van der Waals surface area contributed by atoms with Crippen molar-refractivity contribution in [1.82, 2.24) is 5.43 Å². The molecule has 4 nitrogen and oxygen atoms in total. The Balaban J connectivity index is 1.80. The van der Waals surface area contributed by atoms with Gasteiger partial charge in [0.15, 0.2) is 6.61 Å². The van der Waals surface area contributed by atoms with Crippen molar-refractivity contribution in [2.24, 2.45) is 5.10 Å². The maximum atomic E-state index is 11.6. The molecule has 0 aliphatic heterocycles. The van der Waals surface area contributed by atoms with Crippen molar-refractivity contribution < 1.29 is 9.53 Å². The summed E-state index contributed by atoms with van der Waals surface area (Å²) in [5, 5.41) is 3.92. The number of hydrogen-bond acceptors (Lipinski definition) is 3. The SMILES string of the molecule is Cc1ccc(OCC(=O)NN=Cc2ccccc2C)cc1. The van der Waals surface area contributed by atoms with Crippen LogP contribution in [0.3, 0.4) is 0 Å². The summed E-state index contributed by atoms with van der Waals surface area (Å²) in [6.45, 7) is 3.93. The monoisotopic (exact) mass is 282 g/mol. The lowest BCUT2D eigenvalue weighted by atomic mass is 10.1. The first-order chi connectivity index (χ1) is 10.1. The molecule has 1 amide bonds. The number of amides is 1. The summed E-state index contributed by atoms with van der Waals surface area (Å²) >= 11 is 0. The lowest BCUT2D eigenvalue weighted by Crippen LogP contribution is -2.24. The van der Waals surface area contributed by atoms with Crippen LogP contribution in [0.2, 0.25) is 0 Å². The third kappa shape index (κ3) is 4.76. The number of nitrogens with one attached hydrogen (secondary N) is 1. The molecule has 0 atom stereocenters. The zero-order valence-electron chi connectivity index (χ0n) is 12.2. The highest BCUT2D eigenvalue weighted by Gasteiger charge is 2.01. The van der Waals surface area contributed by atoms with Gasteiger partial charge in [-0.15, -0.1) is 0 Å². The quantitative estimate of drug-likeness (QED) is 0.677. The van der Waals surface area contributed by atoms with Crippen molar-refractivity contribution in [2.45, 2.75) is 13.8 Å². The van der Waals surface area contributed by atoms with Crippen LogP contribution >= 0.6 is 0 Å². The summed E-state index contributed by atoms with van der Waals surface area (Å²) < 4.78 is 5.36. The van der Waals surface area contributed by atoms with Gasteiger partial charge in [-0.25, -0.2) is 5.43 Å². The van der Waals surface area contributed by atoms with E-state index in [9.17, 15) is 4.79 Å². The van der Waals surface area contributed by atoms with Crippen molar-refractivity contribution in [3.8, 4) is 5.75 Å². The van der Waals surface area contributed by atoms with Gasteiger partial charge in [0.1, 0.15) is 5.75 Å². The van der Waals surface area contributed by atoms with E-state index in [0.717, 1.165) is 16.7 Å². The van der Waals surface area contributed by atoms with Gasteiger partial charge in [-0.1, -0.05) is 42.0 Å². The molecule has 2 aromatic rings. The molecule has 1 N–H and O–H groups in total. The number of carbonyl (C=O) groups is 1. The van der Waals surface area contributed by atoms with E-state index in [1.54, 1.807) is 6.21 Å². The highest BCUT2D eigenvalue weighted by Crippen LogP contribution is 2.10. The predicted octanol–water partition coefficient (Wildman–Crippen LogP) is 2.83. The van der Waals surface area contributed by atoms with Crippen molar-refractivity contribution in [3.63, 3.8) is 0 Å². The van der Waals surface area contributed by atoms with E-state index in [-0.39, 0.29) is 12.5 Å². The van der Waals surface area contributed by atoms with E-state index >= 15 is 0 Å². The largest absolute Gasteiger partial charge is 0.484 e. The molecule has 0 spiro atoms. The lowest BCUT2D eigenvalue weighted by molar-refractivity contribution is -0.123. The fourth-order valence-corrected chi connectivity index (χ4v) is 1.72. The van der Waals surface area contributed by atoms with E-state index in [4.69, 9.17) is 4.74 Å². The minimum atomic E-state index is -0.291. The van der Waals surface area contributed by atoms with Crippen molar-refractivity contribution in [1.29, 1.82) is 0 Å². The van der Waals surface area contributed by atoms with E-state index in [1.165, 1.54) is 0 Å². The number of hydrazone groups is 1. The Bertz CT molecular complexity index is 633. The van der Waals surface area contributed by atoms with Gasteiger partial charge in [-0.3, -0.25) is 4.79 Å². The van der Waals surface area contributed by atoms with Gasteiger partial charge >= 0.3 is 0 Å². The van der Waals surface area contributed by atoms with Gasteiger partial charge in [-0.05, 0) is 37.1 Å². The Morgan fingerprint density at radius 3 is 2.57 bits per heavy atom. The van der Waals surface area contributed by atoms with Crippen LogP contribution in [0.5, 0.6) is 5.75 Å². The zero-order chi connectivity index (χ0) is 15.1. The second kappa shape index (κ2) is 7.24. The van der Waals surface area contributed by atoms with E-state index in [1.807, 2.05) is 62.4 Å². The molecule has 108 valence electrons. The Morgan fingerprint density at radius 1 is 1.14 bits per heavy atom. The van der Waals surface area contributed by atoms with E-state index in [0.29, 0.717) is 5.75 Å². The summed E-state index contributed by atoms with van der Waals surface area (Å²) in [5.41, 5.74) is 5.67. The summed E-state index contributed by atoms with van der Waals surface area (Å²) in [4.78, 5) is 11.6. The van der Waals surface area contributed by atoms with Gasteiger partial charge in [-0.2, -0.15) is 5.10 Å². The van der Waals surface area contributed by atoms with Crippen LogP contribution in [-0.2, 0) is 4.79 Å². The maximum Gasteiger partial charge on any atom is 0.277 e. The van der Waals surface area contributed by atoms with E-state index in [2.05, 4.69) is 10.5 Å². The minimum Gasteiger partial charge on any atom is -0.484 e. The van der Waals surface area contributed by atoms with Crippen LogP contribution in [0, 0.1) is 13.8 Å². The molecule has 0 unspecified atom stereocenters. The molecule has 0 heterocycles. The van der Waals surface area contributed by atoms with Crippen molar-refractivity contribution in [2.75, 3.05) is 6.61 Å². The first-order valence-electron chi connectivity index (χ1n) is 6.72. The minimum absolute atomic E-state index is 0.0613. The number of benzene rings is 2. The Hall–Kier alpha value is -2.62. The highest BCUT2D eigenvalue weighted by molar-refractivity contribution is 5.84.